The van der Waals surface area contributed by atoms with Gasteiger partial charge in [-0.15, -0.1) is 0 Å². The second-order valence-corrected chi connectivity index (χ2v) is 12.3. The molecule has 190 valence electrons. The normalized spacial score (nSPS) is 15.1. The van der Waals surface area contributed by atoms with Crippen LogP contribution in [0.5, 0.6) is 0 Å². The summed E-state index contributed by atoms with van der Waals surface area (Å²) in [6, 6.07) is 0. The van der Waals surface area contributed by atoms with E-state index < -0.39 is 12.9 Å². The van der Waals surface area contributed by atoms with Crippen molar-refractivity contribution in [1.82, 2.24) is 0 Å². The van der Waals surface area contributed by atoms with Gasteiger partial charge in [0.2, 0.25) is 5.34 Å². The molecule has 32 heavy (non-hydrogen) atoms. The fraction of sp³-hybridized carbons (Fsp3) is 0.846. The van der Waals surface area contributed by atoms with Crippen LogP contribution in [0.1, 0.15) is 110 Å². The summed E-state index contributed by atoms with van der Waals surface area (Å²) in [6.45, 7) is 2.29. The number of quaternary nitrogens is 1. The fourth-order valence-corrected chi connectivity index (χ4v) is 4.99. The Bertz CT molecular complexity index is 551. The van der Waals surface area contributed by atoms with Gasteiger partial charge in [-0.3, -0.25) is 4.57 Å². The summed E-state index contributed by atoms with van der Waals surface area (Å²) in [7, 11) is 0.893. The van der Waals surface area contributed by atoms with Gasteiger partial charge in [-0.2, -0.15) is 0 Å². The Morgan fingerprint density at radius 2 is 1.06 bits per heavy atom. The summed E-state index contributed by atoms with van der Waals surface area (Å²) in [6.07, 6.45) is 27.1. The molecule has 0 aromatic carbocycles. The van der Waals surface area contributed by atoms with E-state index in [-0.39, 0.29) is 13.0 Å². The van der Waals surface area contributed by atoms with Crippen LogP contribution in [0.3, 0.4) is 0 Å². The molecule has 1 atom stereocenters. The van der Waals surface area contributed by atoms with Crippen molar-refractivity contribution in [2.45, 2.75) is 115 Å². The van der Waals surface area contributed by atoms with E-state index in [1.165, 1.54) is 77.0 Å². The summed E-state index contributed by atoms with van der Waals surface area (Å²) in [5.74, 6) is 0. The third kappa shape index (κ3) is 18.0. The molecule has 0 rings (SSSR count). The minimum absolute atomic E-state index is 0.0277. The van der Waals surface area contributed by atoms with Crippen molar-refractivity contribution in [1.29, 1.82) is 0 Å². The Labute approximate surface area is 198 Å². The zero-order valence-electron chi connectivity index (χ0n) is 21.5. The van der Waals surface area contributed by atoms with Crippen molar-refractivity contribution in [3.8, 4) is 0 Å². The van der Waals surface area contributed by atoms with Gasteiger partial charge >= 0.3 is 7.60 Å². The molecule has 0 radical (unpaired) electrons. The summed E-state index contributed by atoms with van der Waals surface area (Å²) in [4.78, 5) is 19.1. The van der Waals surface area contributed by atoms with E-state index in [0.717, 1.165) is 12.8 Å². The molecule has 0 aromatic rings. The van der Waals surface area contributed by atoms with Crippen LogP contribution in [0, 0.1) is 0 Å². The third-order valence-corrected chi connectivity index (χ3v) is 7.23. The molecule has 0 spiro atoms. The maximum Gasteiger partial charge on any atom is 0.362 e. The first-order chi connectivity index (χ1) is 15.0. The highest BCUT2D eigenvalue weighted by Gasteiger charge is 2.48. The fourth-order valence-electron chi connectivity index (χ4n) is 3.96. The molecule has 0 aromatic heterocycles. The predicted molar refractivity (Wildman–Crippen MR) is 138 cm³/mol. The maximum absolute atomic E-state index is 11.8. The number of likely N-dealkylation sites (N-methyl/N-ethyl adjacent to an activating group) is 1. The molecule has 0 heterocycles. The second-order valence-electron chi connectivity index (χ2n) is 10.4. The number of unbranched alkanes of at least 4 members (excludes halogenated alkanes) is 12. The lowest BCUT2D eigenvalue weighted by molar-refractivity contribution is -0.875. The Balaban J connectivity index is 3.69. The zero-order chi connectivity index (χ0) is 24.3. The average Bonchev–Trinajstić information content (AvgIpc) is 2.67. The molecule has 0 aliphatic rings. The van der Waals surface area contributed by atoms with Crippen LogP contribution in [0.15, 0.2) is 24.3 Å². The van der Waals surface area contributed by atoms with Gasteiger partial charge in [-0.25, -0.2) is 0 Å². The standard InChI is InChI=1S/C26H52NO4P/c1-5-6-7-8-9-10-11-12-13-14-15-16-17-18-19-20-21-22-23-24-26(28,32(29,30)31)25-27(2,3)4/h11-12,21-22,28H,5-10,13-20,23-25H2,1-4H3,(H-,29,30,31)/p+1/b12-11-,22-21-. The van der Waals surface area contributed by atoms with E-state index in [2.05, 4.69) is 25.2 Å². The Morgan fingerprint density at radius 3 is 1.44 bits per heavy atom. The molecule has 0 amide bonds. The molecule has 0 saturated heterocycles. The van der Waals surface area contributed by atoms with Gasteiger partial charge in [-0.1, -0.05) is 82.6 Å². The van der Waals surface area contributed by atoms with Crippen LogP contribution < -0.4 is 0 Å². The van der Waals surface area contributed by atoms with Crippen molar-refractivity contribution < 1.29 is 23.9 Å². The smallest absolute Gasteiger partial charge is 0.362 e. The maximum atomic E-state index is 11.8. The second kappa shape index (κ2) is 18.0. The van der Waals surface area contributed by atoms with Crippen molar-refractivity contribution >= 4 is 7.60 Å². The zero-order valence-corrected chi connectivity index (χ0v) is 22.4. The van der Waals surface area contributed by atoms with Crippen molar-refractivity contribution in [3.63, 3.8) is 0 Å². The van der Waals surface area contributed by atoms with E-state index >= 15 is 0 Å². The molecular weight excluding hydrogens is 421 g/mol. The van der Waals surface area contributed by atoms with Gasteiger partial charge in [0.05, 0.1) is 21.1 Å². The highest BCUT2D eigenvalue weighted by Crippen LogP contribution is 2.52. The minimum Gasteiger partial charge on any atom is -0.373 e. The number of hydrogen-bond donors (Lipinski definition) is 3. The number of rotatable bonds is 21. The van der Waals surface area contributed by atoms with Gasteiger partial charge in [0.1, 0.15) is 6.54 Å². The van der Waals surface area contributed by atoms with Crippen LogP contribution in [0.2, 0.25) is 0 Å². The number of allylic oxidation sites excluding steroid dienone is 4. The molecule has 0 bridgehead atoms. The van der Waals surface area contributed by atoms with Crippen LogP contribution in [-0.2, 0) is 4.57 Å². The molecule has 5 nitrogen and oxygen atoms in total. The van der Waals surface area contributed by atoms with E-state index in [1.54, 1.807) is 0 Å². The van der Waals surface area contributed by atoms with Crippen LogP contribution in [0.25, 0.3) is 0 Å². The number of hydrogen-bond acceptors (Lipinski definition) is 2. The summed E-state index contributed by atoms with van der Waals surface area (Å²) < 4.78 is 12.1. The average molecular weight is 475 g/mol. The Morgan fingerprint density at radius 1 is 0.688 bits per heavy atom. The number of nitrogens with zero attached hydrogens (tertiary/aromatic N) is 1. The van der Waals surface area contributed by atoms with Crippen LogP contribution >= 0.6 is 7.60 Å². The molecule has 0 aliphatic heterocycles. The van der Waals surface area contributed by atoms with Gasteiger partial charge in [0.15, 0.2) is 0 Å². The van der Waals surface area contributed by atoms with Crippen LogP contribution in [0.4, 0.5) is 0 Å². The Hall–Kier alpha value is -0.450. The van der Waals surface area contributed by atoms with Gasteiger partial charge in [0.25, 0.3) is 0 Å². The predicted octanol–water partition coefficient (Wildman–Crippen LogP) is 6.93. The highest BCUT2D eigenvalue weighted by atomic mass is 31.2. The minimum atomic E-state index is -4.58. The molecule has 1 unspecified atom stereocenters. The first-order valence-electron chi connectivity index (χ1n) is 12.9. The van der Waals surface area contributed by atoms with Crippen molar-refractivity contribution in [2.24, 2.45) is 0 Å². The lowest BCUT2D eigenvalue weighted by atomic mass is 10.1. The van der Waals surface area contributed by atoms with Gasteiger partial charge < -0.3 is 19.4 Å². The lowest BCUT2D eigenvalue weighted by Crippen LogP contribution is -2.49. The van der Waals surface area contributed by atoms with Gasteiger partial charge in [-0.05, 0) is 51.4 Å². The molecule has 0 saturated carbocycles. The molecule has 0 fully saturated rings. The van der Waals surface area contributed by atoms with Crippen molar-refractivity contribution in [2.75, 3.05) is 27.7 Å². The lowest BCUT2D eigenvalue weighted by Gasteiger charge is -2.35. The van der Waals surface area contributed by atoms with Crippen LogP contribution in [-0.4, -0.2) is 52.4 Å². The van der Waals surface area contributed by atoms with Gasteiger partial charge in [0, 0.05) is 0 Å². The monoisotopic (exact) mass is 474 g/mol. The Kier molecular flexibility index (Phi) is 17.7. The number of aliphatic hydroxyl groups is 1. The molecule has 6 heteroatoms. The summed E-state index contributed by atoms with van der Waals surface area (Å²) in [5, 5.41) is 8.55. The van der Waals surface area contributed by atoms with E-state index in [1.807, 2.05) is 27.2 Å². The topological polar surface area (TPSA) is 77.8 Å². The summed E-state index contributed by atoms with van der Waals surface area (Å²) >= 11 is 0. The highest BCUT2D eigenvalue weighted by molar-refractivity contribution is 7.53. The molecular formula is C26H53NO4P+. The third-order valence-electron chi connectivity index (χ3n) is 5.78. The first-order valence-corrected chi connectivity index (χ1v) is 14.5. The van der Waals surface area contributed by atoms with E-state index in [0.29, 0.717) is 10.9 Å². The molecule has 0 aliphatic carbocycles. The van der Waals surface area contributed by atoms with E-state index in [9.17, 15) is 19.5 Å². The quantitative estimate of drug-likeness (QED) is 0.0729. The van der Waals surface area contributed by atoms with E-state index in [4.69, 9.17) is 0 Å². The van der Waals surface area contributed by atoms with Crippen molar-refractivity contribution in [3.05, 3.63) is 24.3 Å². The largest absolute Gasteiger partial charge is 0.373 e. The first kappa shape index (κ1) is 31.6. The summed E-state index contributed by atoms with van der Waals surface area (Å²) in [5.41, 5.74) is 0. The molecule has 3 N–H and O–H groups in total. The SMILES string of the molecule is CCCCCCC/C=C\CCCCCCCC/C=C\CCC(O)(C[N+](C)(C)C)P(=O)(O)O.